The van der Waals surface area contributed by atoms with Gasteiger partial charge in [-0.3, -0.25) is 0 Å². The Morgan fingerprint density at radius 1 is 1.62 bits per heavy atom. The number of nitrogens with zero attached hydrogens (tertiary/aromatic N) is 1. The van der Waals surface area contributed by atoms with Crippen LogP contribution in [0, 0.1) is 0 Å². The summed E-state index contributed by atoms with van der Waals surface area (Å²) in [5.41, 5.74) is 2.36. The molecule has 1 heterocycles. The Labute approximate surface area is 89.7 Å². The molecule has 1 aromatic rings. The van der Waals surface area contributed by atoms with Crippen molar-refractivity contribution >= 4 is 33.0 Å². The van der Waals surface area contributed by atoms with Crippen LogP contribution < -0.4 is 0 Å². The SMILES string of the molecule is CCO/N=C1/CCc2sc(Br)cc21. The highest BCUT2D eigenvalue weighted by molar-refractivity contribution is 9.11. The highest BCUT2D eigenvalue weighted by Crippen LogP contribution is 2.33. The van der Waals surface area contributed by atoms with Crippen molar-refractivity contribution in [2.24, 2.45) is 5.16 Å². The minimum atomic E-state index is 0.643. The van der Waals surface area contributed by atoms with E-state index in [9.17, 15) is 0 Å². The molecule has 0 atom stereocenters. The van der Waals surface area contributed by atoms with Crippen LogP contribution in [0.25, 0.3) is 0 Å². The Morgan fingerprint density at radius 2 is 2.46 bits per heavy atom. The molecule has 0 N–H and O–H groups in total. The summed E-state index contributed by atoms with van der Waals surface area (Å²) in [5, 5.41) is 4.10. The summed E-state index contributed by atoms with van der Waals surface area (Å²) in [4.78, 5) is 6.48. The number of rotatable bonds is 2. The lowest BCUT2D eigenvalue weighted by molar-refractivity contribution is 0.158. The number of hydrogen-bond acceptors (Lipinski definition) is 3. The maximum atomic E-state index is 5.06. The van der Waals surface area contributed by atoms with E-state index in [0.29, 0.717) is 6.61 Å². The molecule has 0 aliphatic heterocycles. The molecule has 0 bridgehead atoms. The van der Waals surface area contributed by atoms with Gasteiger partial charge in [-0.25, -0.2) is 0 Å². The van der Waals surface area contributed by atoms with Crippen molar-refractivity contribution in [3.63, 3.8) is 0 Å². The van der Waals surface area contributed by atoms with Crippen molar-refractivity contribution in [1.82, 2.24) is 0 Å². The number of thiophene rings is 1. The summed E-state index contributed by atoms with van der Waals surface area (Å²) in [6.07, 6.45) is 2.13. The molecule has 70 valence electrons. The van der Waals surface area contributed by atoms with E-state index in [2.05, 4.69) is 27.2 Å². The number of oxime groups is 1. The molecule has 0 saturated heterocycles. The van der Waals surface area contributed by atoms with Crippen molar-refractivity contribution in [3.8, 4) is 0 Å². The zero-order valence-electron chi connectivity index (χ0n) is 7.34. The quantitative estimate of drug-likeness (QED) is 0.748. The third-order valence-corrected chi connectivity index (χ3v) is 3.68. The van der Waals surface area contributed by atoms with Crippen LogP contribution in [0.5, 0.6) is 0 Å². The standard InChI is InChI=1S/C9H10BrNOS/c1-2-12-11-7-3-4-8-6(7)5-9(10)13-8/h5H,2-4H2,1H3/b11-7-. The maximum Gasteiger partial charge on any atom is 0.114 e. The predicted octanol–water partition coefficient (Wildman–Crippen LogP) is 3.20. The second-order valence-corrected chi connectivity index (χ2v) is 5.36. The van der Waals surface area contributed by atoms with Crippen molar-refractivity contribution in [1.29, 1.82) is 0 Å². The van der Waals surface area contributed by atoms with E-state index in [1.807, 2.05) is 6.92 Å². The van der Waals surface area contributed by atoms with Crippen LogP contribution >= 0.6 is 27.3 Å². The first-order valence-electron chi connectivity index (χ1n) is 4.28. The zero-order valence-corrected chi connectivity index (χ0v) is 9.74. The molecule has 4 heteroatoms. The monoisotopic (exact) mass is 259 g/mol. The van der Waals surface area contributed by atoms with E-state index in [1.165, 1.54) is 14.2 Å². The van der Waals surface area contributed by atoms with E-state index in [4.69, 9.17) is 4.84 Å². The average Bonchev–Trinajstić information content (AvgIpc) is 2.61. The van der Waals surface area contributed by atoms with Crippen LogP contribution in [0.4, 0.5) is 0 Å². The molecule has 0 fully saturated rings. The van der Waals surface area contributed by atoms with Crippen LogP contribution in [0.15, 0.2) is 15.0 Å². The first-order valence-corrected chi connectivity index (χ1v) is 5.89. The van der Waals surface area contributed by atoms with E-state index >= 15 is 0 Å². The lowest BCUT2D eigenvalue weighted by Crippen LogP contribution is -1.94. The lowest BCUT2D eigenvalue weighted by Gasteiger charge is -1.95. The van der Waals surface area contributed by atoms with Crippen molar-refractivity contribution in [3.05, 3.63) is 20.3 Å². The molecule has 0 saturated carbocycles. The molecule has 0 spiro atoms. The summed E-state index contributed by atoms with van der Waals surface area (Å²) >= 11 is 5.27. The second-order valence-electron chi connectivity index (χ2n) is 2.84. The van der Waals surface area contributed by atoms with Gasteiger partial charge in [0.2, 0.25) is 0 Å². The van der Waals surface area contributed by atoms with E-state index in [1.54, 1.807) is 11.3 Å². The summed E-state index contributed by atoms with van der Waals surface area (Å²) in [5.74, 6) is 0. The summed E-state index contributed by atoms with van der Waals surface area (Å²) in [6, 6.07) is 2.13. The molecule has 2 rings (SSSR count). The van der Waals surface area contributed by atoms with Crippen molar-refractivity contribution in [2.45, 2.75) is 19.8 Å². The molecule has 0 amide bonds. The van der Waals surface area contributed by atoms with Gasteiger partial charge in [-0.1, -0.05) is 5.16 Å². The van der Waals surface area contributed by atoms with Crippen LogP contribution in [0.1, 0.15) is 23.8 Å². The topological polar surface area (TPSA) is 21.6 Å². The highest BCUT2D eigenvalue weighted by atomic mass is 79.9. The molecule has 0 radical (unpaired) electrons. The van der Waals surface area contributed by atoms with Crippen molar-refractivity contribution < 1.29 is 4.84 Å². The number of halogens is 1. The van der Waals surface area contributed by atoms with Gasteiger partial charge in [-0.15, -0.1) is 11.3 Å². The summed E-state index contributed by atoms with van der Waals surface area (Å²) in [7, 11) is 0. The van der Waals surface area contributed by atoms with Gasteiger partial charge >= 0.3 is 0 Å². The van der Waals surface area contributed by atoms with Gasteiger partial charge in [0, 0.05) is 10.4 Å². The van der Waals surface area contributed by atoms with Gasteiger partial charge in [0.25, 0.3) is 0 Å². The fourth-order valence-corrected chi connectivity index (χ4v) is 3.15. The van der Waals surface area contributed by atoms with E-state index < -0.39 is 0 Å². The molecule has 1 aromatic heterocycles. The largest absolute Gasteiger partial charge is 0.396 e. The number of aryl methyl sites for hydroxylation is 1. The van der Waals surface area contributed by atoms with E-state index in [-0.39, 0.29) is 0 Å². The molecule has 0 aromatic carbocycles. The second kappa shape index (κ2) is 3.80. The molecule has 1 aliphatic rings. The summed E-state index contributed by atoms with van der Waals surface area (Å²) < 4.78 is 1.18. The van der Waals surface area contributed by atoms with Gasteiger partial charge < -0.3 is 4.84 Å². The minimum absolute atomic E-state index is 0.643. The first kappa shape index (κ1) is 9.21. The average molecular weight is 260 g/mol. The van der Waals surface area contributed by atoms with Gasteiger partial charge in [-0.05, 0) is 41.8 Å². The Kier molecular flexibility index (Phi) is 2.69. The molecule has 1 aliphatic carbocycles. The van der Waals surface area contributed by atoms with Gasteiger partial charge in [0.05, 0.1) is 9.50 Å². The van der Waals surface area contributed by atoms with E-state index in [0.717, 1.165) is 18.6 Å². The summed E-state index contributed by atoms with van der Waals surface area (Å²) in [6.45, 7) is 2.59. The van der Waals surface area contributed by atoms with Gasteiger partial charge in [0.1, 0.15) is 6.61 Å². The number of hydrogen-bond donors (Lipinski definition) is 0. The smallest absolute Gasteiger partial charge is 0.114 e. The lowest BCUT2D eigenvalue weighted by atomic mass is 10.2. The fourth-order valence-electron chi connectivity index (χ4n) is 1.43. The number of fused-ring (bicyclic) bond motifs is 1. The Morgan fingerprint density at radius 3 is 3.23 bits per heavy atom. The van der Waals surface area contributed by atoms with Gasteiger partial charge in [0.15, 0.2) is 0 Å². The zero-order chi connectivity index (χ0) is 9.26. The van der Waals surface area contributed by atoms with Crippen LogP contribution in [-0.4, -0.2) is 12.3 Å². The fraction of sp³-hybridized carbons (Fsp3) is 0.444. The highest BCUT2D eigenvalue weighted by Gasteiger charge is 2.21. The van der Waals surface area contributed by atoms with Crippen LogP contribution in [0.2, 0.25) is 0 Å². The Hall–Kier alpha value is -0.350. The van der Waals surface area contributed by atoms with Crippen LogP contribution in [0.3, 0.4) is 0 Å². The molecular weight excluding hydrogens is 250 g/mol. The normalized spacial score (nSPS) is 17.8. The minimum Gasteiger partial charge on any atom is -0.396 e. The molecule has 2 nitrogen and oxygen atoms in total. The third-order valence-electron chi connectivity index (χ3n) is 1.98. The molecule has 13 heavy (non-hydrogen) atoms. The predicted molar refractivity (Wildman–Crippen MR) is 58.5 cm³/mol. The Balaban J connectivity index is 2.26. The Bertz CT molecular complexity index is 345. The first-order chi connectivity index (χ1) is 6.31. The van der Waals surface area contributed by atoms with Gasteiger partial charge in [-0.2, -0.15) is 0 Å². The van der Waals surface area contributed by atoms with Crippen LogP contribution in [-0.2, 0) is 11.3 Å². The maximum absolute atomic E-state index is 5.06. The molecular formula is C9H10BrNOS. The third kappa shape index (κ3) is 1.79. The van der Waals surface area contributed by atoms with Crippen molar-refractivity contribution in [2.75, 3.05) is 6.61 Å². The molecule has 0 unspecified atom stereocenters.